The number of nitrogens with zero attached hydrogens (tertiary/aromatic N) is 1. The summed E-state index contributed by atoms with van der Waals surface area (Å²) in [5.41, 5.74) is 3.11. The SMILES string of the molecule is CCCC(C=O)(CC)CSc1cc(OC)c(C)cc1N(C)c1ccccc1. The number of ether oxygens (including phenoxy) is 1. The molecule has 0 saturated carbocycles. The van der Waals surface area contributed by atoms with Crippen LogP contribution in [0.15, 0.2) is 47.4 Å². The Balaban J connectivity index is 2.40. The summed E-state index contributed by atoms with van der Waals surface area (Å²) in [6.45, 7) is 6.31. The summed E-state index contributed by atoms with van der Waals surface area (Å²) in [6, 6.07) is 14.6. The lowest BCUT2D eigenvalue weighted by molar-refractivity contribution is -0.115. The normalized spacial score (nSPS) is 13.1. The Morgan fingerprint density at radius 2 is 1.89 bits per heavy atom. The summed E-state index contributed by atoms with van der Waals surface area (Å²) in [4.78, 5) is 15.2. The fourth-order valence-electron chi connectivity index (χ4n) is 3.29. The van der Waals surface area contributed by atoms with Gasteiger partial charge >= 0.3 is 0 Å². The molecule has 3 nitrogen and oxygen atoms in total. The van der Waals surface area contributed by atoms with E-state index in [2.05, 4.69) is 57.0 Å². The second kappa shape index (κ2) is 9.84. The highest BCUT2D eigenvalue weighted by atomic mass is 32.2. The van der Waals surface area contributed by atoms with Crippen LogP contribution in [0.4, 0.5) is 11.4 Å². The van der Waals surface area contributed by atoms with Gasteiger partial charge in [-0.1, -0.05) is 38.5 Å². The predicted octanol–water partition coefficient (Wildman–Crippen LogP) is 6.26. The lowest BCUT2D eigenvalue weighted by atomic mass is 9.84. The zero-order chi connectivity index (χ0) is 19.9. The van der Waals surface area contributed by atoms with Crippen molar-refractivity contribution < 1.29 is 9.53 Å². The van der Waals surface area contributed by atoms with Crippen LogP contribution >= 0.6 is 11.8 Å². The van der Waals surface area contributed by atoms with E-state index in [1.54, 1.807) is 18.9 Å². The maximum Gasteiger partial charge on any atom is 0.126 e. The van der Waals surface area contributed by atoms with E-state index >= 15 is 0 Å². The summed E-state index contributed by atoms with van der Waals surface area (Å²) >= 11 is 1.75. The van der Waals surface area contributed by atoms with Gasteiger partial charge in [-0.15, -0.1) is 11.8 Å². The van der Waals surface area contributed by atoms with E-state index in [1.807, 2.05) is 18.2 Å². The number of methoxy groups -OCH3 is 1. The van der Waals surface area contributed by atoms with Gasteiger partial charge in [0.15, 0.2) is 0 Å². The molecule has 146 valence electrons. The van der Waals surface area contributed by atoms with E-state index in [0.29, 0.717) is 0 Å². The molecule has 2 aromatic rings. The maximum absolute atomic E-state index is 11.8. The van der Waals surface area contributed by atoms with Crippen LogP contribution in [-0.2, 0) is 4.79 Å². The number of para-hydroxylation sites is 1. The Bertz CT molecular complexity index is 748. The molecular formula is C23H31NO2S. The van der Waals surface area contributed by atoms with Crippen LogP contribution in [0.25, 0.3) is 0 Å². The lowest BCUT2D eigenvalue weighted by Crippen LogP contribution is -2.24. The second-order valence-corrected chi connectivity index (χ2v) is 8.07. The van der Waals surface area contributed by atoms with Gasteiger partial charge in [0.2, 0.25) is 0 Å². The smallest absolute Gasteiger partial charge is 0.126 e. The van der Waals surface area contributed by atoms with Gasteiger partial charge < -0.3 is 14.4 Å². The van der Waals surface area contributed by atoms with Crippen LogP contribution in [0.1, 0.15) is 38.7 Å². The number of anilines is 2. The molecule has 0 radical (unpaired) electrons. The molecule has 0 amide bonds. The third-order valence-corrected chi connectivity index (χ3v) is 6.56. The summed E-state index contributed by atoms with van der Waals surface area (Å²) < 4.78 is 5.56. The first kappa shape index (κ1) is 21.4. The molecule has 0 N–H and O–H groups in total. The minimum atomic E-state index is -0.264. The molecule has 2 rings (SSSR count). The molecule has 0 aliphatic carbocycles. The minimum absolute atomic E-state index is 0.264. The zero-order valence-electron chi connectivity index (χ0n) is 17.1. The van der Waals surface area contributed by atoms with Crippen LogP contribution in [0.5, 0.6) is 5.75 Å². The Hall–Kier alpha value is -1.94. The van der Waals surface area contributed by atoms with Gasteiger partial charge in [-0.3, -0.25) is 0 Å². The first-order valence-corrected chi connectivity index (χ1v) is 10.5. The van der Waals surface area contributed by atoms with Gasteiger partial charge in [0.1, 0.15) is 12.0 Å². The number of hydrogen-bond acceptors (Lipinski definition) is 4. The second-order valence-electron chi connectivity index (χ2n) is 7.06. The number of aryl methyl sites for hydroxylation is 1. The Labute approximate surface area is 168 Å². The molecule has 0 heterocycles. The molecule has 0 saturated heterocycles. The molecule has 0 aliphatic heterocycles. The van der Waals surface area contributed by atoms with Gasteiger partial charge in [-0.25, -0.2) is 0 Å². The summed E-state index contributed by atoms with van der Waals surface area (Å²) in [7, 11) is 3.79. The summed E-state index contributed by atoms with van der Waals surface area (Å²) in [6.07, 6.45) is 3.97. The predicted molar refractivity (Wildman–Crippen MR) is 117 cm³/mol. The van der Waals surface area contributed by atoms with Crippen molar-refractivity contribution in [2.75, 3.05) is 24.8 Å². The van der Waals surface area contributed by atoms with Crippen molar-refractivity contribution in [3.63, 3.8) is 0 Å². The first-order valence-electron chi connectivity index (χ1n) is 9.56. The number of aldehydes is 1. The third-order valence-electron chi connectivity index (χ3n) is 5.20. The number of benzene rings is 2. The average molecular weight is 386 g/mol. The highest BCUT2D eigenvalue weighted by Crippen LogP contribution is 2.41. The largest absolute Gasteiger partial charge is 0.496 e. The van der Waals surface area contributed by atoms with Crippen LogP contribution in [0.2, 0.25) is 0 Å². The van der Waals surface area contributed by atoms with Gasteiger partial charge in [-0.05, 0) is 49.6 Å². The van der Waals surface area contributed by atoms with Crippen LogP contribution in [0, 0.1) is 12.3 Å². The topological polar surface area (TPSA) is 29.5 Å². The Kier molecular flexibility index (Phi) is 7.78. The van der Waals surface area contributed by atoms with Crippen molar-refractivity contribution in [2.45, 2.75) is 44.9 Å². The minimum Gasteiger partial charge on any atom is -0.496 e. The Morgan fingerprint density at radius 3 is 2.44 bits per heavy atom. The van der Waals surface area contributed by atoms with Crippen LogP contribution < -0.4 is 9.64 Å². The molecule has 0 fully saturated rings. The van der Waals surface area contributed by atoms with Crippen LogP contribution in [-0.4, -0.2) is 26.2 Å². The molecule has 1 atom stereocenters. The van der Waals surface area contributed by atoms with Crippen molar-refractivity contribution >= 4 is 29.4 Å². The highest BCUT2D eigenvalue weighted by Gasteiger charge is 2.27. The molecule has 4 heteroatoms. The van der Waals surface area contributed by atoms with Gasteiger partial charge in [0.25, 0.3) is 0 Å². The number of rotatable bonds is 10. The fourth-order valence-corrected chi connectivity index (χ4v) is 4.68. The summed E-state index contributed by atoms with van der Waals surface area (Å²) in [5.74, 6) is 1.66. The number of carbonyl (C=O) groups excluding carboxylic acids is 1. The molecule has 0 aliphatic rings. The van der Waals surface area contributed by atoms with Crippen LogP contribution in [0.3, 0.4) is 0 Å². The van der Waals surface area contributed by atoms with E-state index in [1.165, 1.54) is 0 Å². The molecule has 0 aromatic heterocycles. The van der Waals surface area contributed by atoms with Crippen molar-refractivity contribution in [1.82, 2.24) is 0 Å². The number of hydrogen-bond donors (Lipinski definition) is 0. The monoisotopic (exact) mass is 385 g/mol. The maximum atomic E-state index is 11.8. The highest BCUT2D eigenvalue weighted by molar-refractivity contribution is 7.99. The average Bonchev–Trinajstić information content (AvgIpc) is 2.71. The van der Waals surface area contributed by atoms with Gasteiger partial charge in [0.05, 0.1) is 12.8 Å². The Morgan fingerprint density at radius 1 is 1.19 bits per heavy atom. The van der Waals surface area contributed by atoms with Gasteiger partial charge in [-0.2, -0.15) is 0 Å². The van der Waals surface area contributed by atoms with E-state index in [-0.39, 0.29) is 5.41 Å². The van der Waals surface area contributed by atoms with Crippen molar-refractivity contribution in [2.24, 2.45) is 5.41 Å². The number of carbonyl (C=O) groups is 1. The molecule has 2 aromatic carbocycles. The van der Waals surface area contributed by atoms with E-state index in [0.717, 1.165) is 58.9 Å². The third kappa shape index (κ3) is 5.07. The van der Waals surface area contributed by atoms with E-state index in [4.69, 9.17) is 4.74 Å². The molecule has 0 bridgehead atoms. The van der Waals surface area contributed by atoms with E-state index < -0.39 is 0 Å². The first-order chi connectivity index (χ1) is 13.0. The molecule has 1 unspecified atom stereocenters. The lowest BCUT2D eigenvalue weighted by Gasteiger charge is -2.28. The molecule has 0 spiro atoms. The number of thioether (sulfide) groups is 1. The van der Waals surface area contributed by atoms with Crippen molar-refractivity contribution in [3.8, 4) is 5.75 Å². The molecular weight excluding hydrogens is 354 g/mol. The zero-order valence-corrected chi connectivity index (χ0v) is 17.9. The van der Waals surface area contributed by atoms with Gasteiger partial charge in [0, 0.05) is 28.8 Å². The van der Waals surface area contributed by atoms with Crippen molar-refractivity contribution in [1.29, 1.82) is 0 Å². The fraction of sp³-hybridized carbons (Fsp3) is 0.435. The summed E-state index contributed by atoms with van der Waals surface area (Å²) in [5, 5.41) is 0. The van der Waals surface area contributed by atoms with E-state index in [9.17, 15) is 4.79 Å². The van der Waals surface area contributed by atoms with Crippen molar-refractivity contribution in [3.05, 3.63) is 48.0 Å². The molecule has 27 heavy (non-hydrogen) atoms. The quantitative estimate of drug-likeness (QED) is 0.357. The standard InChI is InChI=1S/C23H31NO2S/c1-6-13-23(7-2,16-25)17-27-22-15-21(26-5)18(3)14-20(22)24(4)19-11-9-8-10-12-19/h8-12,14-16H,6-7,13,17H2,1-5H3.